The number of fused-ring (bicyclic) bond motifs is 1. The van der Waals surface area contributed by atoms with Gasteiger partial charge in [-0.25, -0.2) is 4.98 Å². The summed E-state index contributed by atoms with van der Waals surface area (Å²) in [6, 6.07) is -0.263. The van der Waals surface area contributed by atoms with E-state index in [-0.39, 0.29) is 180 Å². The minimum atomic E-state index is -1.39. The standard InChI is InChI=1S/C76H117N19O14S2/c1-5-6-18-48-35-65(100)61-22-14-29-94(61)66(101)39-86-71(106)56(19-10-11-26-77)89-70(105)51(33-53-38-83-44-87-53)37-64(99)59(42-110-40-52(78)41-111-43-60(93-67(48)102)72(107)91-58(46(4)96)32-47-16-8-7-9-17-47)92-69(104)50(31-45(2)3)36-63(98)55(20-12-27-84-75(79)80)88-73(108)62-23-15-30-95(62)74(109)57(21-13-28-85-76(81)82)90-68(103)49-24-25-54(97)34-49/h7-9,16-17,38,44-45,48-51,55-62,78H,5-6,10-15,18-37,39-43,77H2,1-4H3,(H,83,87)(H,86,106)(H,88,108)(H,89,105)(H,90,103)(H,91,107)(H,92,104)(H,93,102)(H4,79,80,84)(H4,81,82,85)/t48-,49-,50-,51-,55+,56+,57+,58+,59+,60+,61+,62+/m1/s1. The van der Waals surface area contributed by atoms with E-state index < -0.39 is 156 Å². The molecule has 1 saturated carbocycles. The molecule has 111 heavy (non-hydrogen) atoms. The van der Waals surface area contributed by atoms with E-state index in [2.05, 4.69) is 57.2 Å². The highest BCUT2D eigenvalue weighted by molar-refractivity contribution is 8.01. The largest absolute Gasteiger partial charge is 0.370 e. The third kappa shape index (κ3) is 30.8. The number of unbranched alkanes of at least 4 members (excludes halogenated alkanes) is 2. The second kappa shape index (κ2) is 47.3. The number of benzene rings is 1. The minimum absolute atomic E-state index is 0.00414. The van der Waals surface area contributed by atoms with E-state index in [1.165, 1.54) is 29.2 Å². The summed E-state index contributed by atoms with van der Waals surface area (Å²) in [6.07, 6.45) is 6.55. The van der Waals surface area contributed by atoms with Gasteiger partial charge < -0.3 is 86.1 Å². The highest BCUT2D eigenvalue weighted by Crippen LogP contribution is 2.28. The van der Waals surface area contributed by atoms with Gasteiger partial charge in [0.15, 0.2) is 35.1 Å². The zero-order valence-corrected chi connectivity index (χ0v) is 66.2. The normalized spacial score (nSPS) is 22.7. The van der Waals surface area contributed by atoms with Crippen molar-refractivity contribution < 1.29 is 67.1 Å². The van der Waals surface area contributed by atoms with E-state index in [4.69, 9.17) is 28.7 Å². The number of Topliss-reactive ketones (excluding diaryl/α,β-unsaturated/α-hetero) is 5. The lowest BCUT2D eigenvalue weighted by atomic mass is 9.88. The van der Waals surface area contributed by atoms with Gasteiger partial charge in [0.25, 0.3) is 0 Å². The molecule has 4 aliphatic rings. The molecular formula is C76H117N19O14S2. The molecule has 0 spiro atoms. The van der Waals surface area contributed by atoms with E-state index >= 15 is 14.4 Å². The summed E-state index contributed by atoms with van der Waals surface area (Å²) in [5.41, 5.74) is 29.7. The topological polar surface area (TPSA) is 537 Å². The lowest BCUT2D eigenvalue weighted by Crippen LogP contribution is -2.56. The van der Waals surface area contributed by atoms with Gasteiger partial charge in [-0.15, -0.1) is 0 Å². The fourth-order valence-corrected chi connectivity index (χ4v) is 16.3. The van der Waals surface area contributed by atoms with Gasteiger partial charge in [0.05, 0.1) is 43.0 Å². The Bertz CT molecular complexity index is 3580. The van der Waals surface area contributed by atoms with Crippen molar-refractivity contribution in [2.45, 2.75) is 224 Å². The van der Waals surface area contributed by atoms with Gasteiger partial charge in [-0.2, -0.15) is 23.5 Å². The SMILES string of the molecule is CCCC[C@@H]1CC(=O)[C@@H]2CCCN2C(=O)CNC(=O)[C@H](CCCCN)NC(=O)[C@H](Cc2cnc[nH]2)CC(=O)[C@@H](NC(=O)[C@@H](CC(=O)[C@H](CCCN=C(N)N)NC(=O)[C@@H]2CCCN2C(=O)[C@H](CCCN=C(N)N)NC(=O)[C@@H]2CCC(=O)C2)CC(C)C)CSCC(=N)CSC[C@@H](C(=O)N[C@@H](Cc2ccccc2)C(C)=O)NC1=O. The molecule has 3 saturated heterocycles. The van der Waals surface area contributed by atoms with Crippen LogP contribution < -0.4 is 65.9 Å². The second-order valence-corrected chi connectivity index (χ2v) is 31.8. The Hall–Kier alpha value is -9.12. The first kappa shape index (κ1) is 90.8. The highest BCUT2D eigenvalue weighted by Gasteiger charge is 2.43. The first-order chi connectivity index (χ1) is 53.0. The molecule has 6 rings (SSSR count). The Labute approximate surface area is 657 Å². The first-order valence-corrected chi connectivity index (χ1v) is 41.2. The third-order valence-electron chi connectivity index (χ3n) is 20.3. The number of thioether (sulfide) groups is 2. The Morgan fingerprint density at radius 2 is 1.38 bits per heavy atom. The summed E-state index contributed by atoms with van der Waals surface area (Å²) < 4.78 is 0. The van der Waals surface area contributed by atoms with Gasteiger partial charge >= 0.3 is 0 Å². The quantitative estimate of drug-likeness (QED) is 0.0262. The van der Waals surface area contributed by atoms with Crippen LogP contribution in [-0.4, -0.2) is 230 Å². The molecule has 1 aromatic carbocycles. The van der Waals surface area contributed by atoms with Crippen molar-refractivity contribution in [1.82, 2.24) is 57.0 Å². The number of aliphatic imine (C=N–C) groups is 2. The number of guanidine groups is 2. The van der Waals surface area contributed by atoms with Gasteiger partial charge in [-0.1, -0.05) is 63.9 Å². The van der Waals surface area contributed by atoms with Crippen LogP contribution in [0.2, 0.25) is 0 Å². The number of carbonyl (C=O) groups is 14. The van der Waals surface area contributed by atoms with Crippen molar-refractivity contribution >= 4 is 123 Å². The molecule has 612 valence electrons. The molecular weight excluding hydrogens is 1470 g/mol. The van der Waals surface area contributed by atoms with Crippen LogP contribution in [0.4, 0.5) is 0 Å². The molecule has 4 fully saturated rings. The number of carbonyl (C=O) groups excluding carboxylic acids is 14. The van der Waals surface area contributed by atoms with Crippen LogP contribution in [0.3, 0.4) is 0 Å². The van der Waals surface area contributed by atoms with Gasteiger partial charge in [0.1, 0.15) is 30.0 Å². The molecule has 0 radical (unpaired) electrons. The summed E-state index contributed by atoms with van der Waals surface area (Å²) in [4.78, 5) is 218. The van der Waals surface area contributed by atoms with Crippen molar-refractivity contribution in [2.24, 2.45) is 68.2 Å². The molecule has 0 bridgehead atoms. The van der Waals surface area contributed by atoms with Gasteiger partial charge in [0, 0.05) is 123 Å². The number of H-pyrrole nitrogens is 1. The molecule has 4 heterocycles. The number of rotatable bonds is 34. The Kier molecular flexibility index (Phi) is 38.7. The number of imidazole rings is 1. The zero-order valence-electron chi connectivity index (χ0n) is 64.5. The predicted octanol–water partition coefficient (Wildman–Crippen LogP) is 0.859. The summed E-state index contributed by atoms with van der Waals surface area (Å²) >= 11 is 2.25. The average molecular weight is 1590 g/mol. The monoisotopic (exact) mass is 1580 g/mol. The van der Waals surface area contributed by atoms with Crippen LogP contribution in [-0.2, 0) is 80.0 Å². The molecule has 19 N–H and O–H groups in total. The molecule has 1 aliphatic carbocycles. The first-order valence-electron chi connectivity index (χ1n) is 38.9. The Balaban J connectivity index is 1.32. The number of aromatic nitrogens is 2. The number of likely N-dealkylation sites (tertiary alicyclic amines) is 1. The summed E-state index contributed by atoms with van der Waals surface area (Å²) in [6.45, 7) is 7.15. The van der Waals surface area contributed by atoms with E-state index in [9.17, 15) is 58.1 Å². The molecule has 3 aliphatic heterocycles. The van der Waals surface area contributed by atoms with Crippen molar-refractivity contribution in [3.63, 3.8) is 0 Å². The molecule has 1 aromatic heterocycles. The molecule has 12 atom stereocenters. The summed E-state index contributed by atoms with van der Waals surface area (Å²) in [7, 11) is 0. The third-order valence-corrected chi connectivity index (χ3v) is 22.5. The lowest BCUT2D eigenvalue weighted by molar-refractivity contribution is -0.142. The number of hydrogen-bond acceptors (Lipinski definition) is 21. The van der Waals surface area contributed by atoms with Gasteiger partial charge in [-0.05, 0) is 121 Å². The van der Waals surface area contributed by atoms with Crippen molar-refractivity contribution in [3.8, 4) is 0 Å². The number of nitrogens with zero attached hydrogens (tertiary/aromatic N) is 5. The molecule has 2 aromatic rings. The van der Waals surface area contributed by atoms with Crippen LogP contribution in [0, 0.1) is 35.0 Å². The second-order valence-electron chi connectivity index (χ2n) is 29.8. The number of aromatic amines is 1. The van der Waals surface area contributed by atoms with Crippen molar-refractivity contribution in [1.29, 1.82) is 5.41 Å². The lowest BCUT2D eigenvalue weighted by Gasteiger charge is -2.30. The van der Waals surface area contributed by atoms with Crippen molar-refractivity contribution in [2.75, 3.05) is 62.3 Å². The van der Waals surface area contributed by atoms with Crippen LogP contribution in [0.25, 0.3) is 0 Å². The fraction of sp³-hybridized carbons (Fsp3) is 0.658. The van der Waals surface area contributed by atoms with E-state index in [1.807, 2.05) is 39.0 Å². The molecule has 33 nitrogen and oxygen atoms in total. The predicted molar refractivity (Wildman–Crippen MR) is 423 cm³/mol. The number of nitrogens with two attached hydrogens (primary N) is 5. The Morgan fingerprint density at radius 1 is 0.721 bits per heavy atom. The van der Waals surface area contributed by atoms with Crippen LogP contribution in [0.15, 0.2) is 52.8 Å². The van der Waals surface area contributed by atoms with Gasteiger partial charge in [0.2, 0.25) is 53.2 Å². The van der Waals surface area contributed by atoms with Crippen LogP contribution in [0.5, 0.6) is 0 Å². The summed E-state index contributed by atoms with van der Waals surface area (Å²) in [5, 5.41) is 29.0. The van der Waals surface area contributed by atoms with E-state index in [0.29, 0.717) is 57.1 Å². The maximum atomic E-state index is 15.3. The molecule has 35 heteroatoms. The highest BCUT2D eigenvalue weighted by atomic mass is 32.2. The van der Waals surface area contributed by atoms with Crippen LogP contribution in [0.1, 0.15) is 174 Å². The van der Waals surface area contributed by atoms with Crippen molar-refractivity contribution in [3.05, 3.63) is 54.1 Å². The number of hydrogen-bond donors (Lipinski definition) is 14. The number of amides is 9. The van der Waals surface area contributed by atoms with E-state index in [0.717, 1.165) is 29.1 Å². The fourth-order valence-electron chi connectivity index (χ4n) is 14.2. The number of ketones is 5. The molecule has 0 unspecified atom stereocenters. The zero-order chi connectivity index (χ0) is 81.1. The smallest absolute Gasteiger partial charge is 0.245 e. The van der Waals surface area contributed by atoms with Crippen LogP contribution >= 0.6 is 23.5 Å². The summed E-state index contributed by atoms with van der Waals surface area (Å²) in [5.74, 6) is -12.6. The Morgan fingerprint density at radius 3 is 2.02 bits per heavy atom. The van der Waals surface area contributed by atoms with Gasteiger partial charge in [-0.3, -0.25) is 77.1 Å². The maximum Gasteiger partial charge on any atom is 0.245 e. The average Bonchev–Trinajstić information content (AvgIpc) is 1.73. The number of nitrogens with one attached hydrogen (secondary N) is 9. The van der Waals surface area contributed by atoms with E-state index in [1.54, 1.807) is 12.1 Å². The maximum absolute atomic E-state index is 15.3. The molecule has 9 amide bonds. The minimum Gasteiger partial charge on any atom is -0.370 e.